The predicted octanol–water partition coefficient (Wildman–Crippen LogP) is 1.11. The molecule has 1 aromatic carbocycles. The van der Waals surface area contributed by atoms with Gasteiger partial charge in [0.05, 0.1) is 25.4 Å². The quantitative estimate of drug-likeness (QED) is 0.479. The fraction of sp³-hybridized carbons (Fsp3) is 0.684. The van der Waals surface area contributed by atoms with Gasteiger partial charge in [-0.2, -0.15) is 0 Å². The molecule has 146 valence electrons. The zero-order chi connectivity index (χ0) is 20.1. The molecule has 0 radical (unpaired) electrons. The fourth-order valence-electron chi connectivity index (χ4n) is 2.11. The van der Waals surface area contributed by atoms with E-state index in [2.05, 4.69) is 41.5 Å². The van der Waals surface area contributed by atoms with E-state index in [4.69, 9.17) is 26.8 Å². The van der Waals surface area contributed by atoms with E-state index in [1.54, 1.807) is 0 Å². The molecule has 0 amide bonds. The molecule has 6 heteroatoms. The second kappa shape index (κ2) is 8.96. The smallest absolute Gasteiger partial charge is 0.123 e. The summed E-state index contributed by atoms with van der Waals surface area (Å²) in [5, 5.41) is 35.5. The van der Waals surface area contributed by atoms with Gasteiger partial charge in [-0.3, -0.25) is 0 Å². The Hall–Kier alpha value is -1.18. The van der Waals surface area contributed by atoms with Gasteiger partial charge in [0.1, 0.15) is 5.75 Å². The Balaban J connectivity index is 0.000000609. The van der Waals surface area contributed by atoms with E-state index in [-0.39, 0.29) is 10.8 Å². The molecule has 1 rings (SSSR count). The van der Waals surface area contributed by atoms with Gasteiger partial charge in [0.25, 0.3) is 0 Å². The van der Waals surface area contributed by atoms with Crippen molar-refractivity contribution >= 4 is 0 Å². The highest BCUT2D eigenvalue weighted by Crippen LogP contribution is 2.39. The number of benzene rings is 1. The summed E-state index contributed by atoms with van der Waals surface area (Å²) in [6, 6.07) is 4.04. The maximum Gasteiger partial charge on any atom is 0.123 e. The van der Waals surface area contributed by atoms with Crippen molar-refractivity contribution in [2.45, 2.75) is 64.5 Å². The molecule has 0 aliphatic carbocycles. The predicted molar refractivity (Wildman–Crippen MR) is 102 cm³/mol. The van der Waals surface area contributed by atoms with Crippen LogP contribution in [-0.4, -0.2) is 45.8 Å². The Morgan fingerprint density at radius 2 is 1.12 bits per heavy atom. The second-order valence-electron chi connectivity index (χ2n) is 8.58. The van der Waals surface area contributed by atoms with Crippen LogP contribution < -0.4 is 11.5 Å². The third kappa shape index (κ3) is 6.92. The lowest BCUT2D eigenvalue weighted by Crippen LogP contribution is -2.50. The summed E-state index contributed by atoms with van der Waals surface area (Å²) in [4.78, 5) is 0. The number of nitrogens with two attached hydrogens (primary N) is 2. The van der Waals surface area contributed by atoms with Crippen molar-refractivity contribution in [3.63, 3.8) is 0 Å². The Bertz CT molecular complexity index is 498. The zero-order valence-corrected chi connectivity index (χ0v) is 16.4. The molecule has 0 fully saturated rings. The Kier molecular flexibility index (Phi) is 8.54. The molecule has 6 nitrogen and oxygen atoms in total. The van der Waals surface area contributed by atoms with Crippen LogP contribution in [0.5, 0.6) is 5.75 Å². The molecule has 0 unspecified atom stereocenters. The van der Waals surface area contributed by atoms with Crippen LogP contribution in [0.4, 0.5) is 0 Å². The van der Waals surface area contributed by atoms with E-state index in [9.17, 15) is 5.11 Å². The molecule has 0 aliphatic heterocycles. The average Bonchev–Trinajstić information content (AvgIpc) is 2.52. The lowest BCUT2D eigenvalue weighted by molar-refractivity contribution is 0.0697. The van der Waals surface area contributed by atoms with Crippen LogP contribution in [0.25, 0.3) is 0 Å². The van der Waals surface area contributed by atoms with Gasteiger partial charge in [-0.25, -0.2) is 0 Å². The largest absolute Gasteiger partial charge is 0.507 e. The molecule has 0 bridgehead atoms. The normalized spacial score (nSPS) is 12.6. The average molecular weight is 357 g/mol. The summed E-state index contributed by atoms with van der Waals surface area (Å²) in [5.41, 5.74) is 12.6. The topological polar surface area (TPSA) is 133 Å². The minimum atomic E-state index is -1.21. The van der Waals surface area contributed by atoms with Gasteiger partial charge in [-0.1, -0.05) is 53.7 Å². The van der Waals surface area contributed by atoms with Gasteiger partial charge < -0.3 is 31.9 Å². The first-order valence-electron chi connectivity index (χ1n) is 8.44. The number of aliphatic hydroxyl groups excluding tert-OH is 3. The summed E-state index contributed by atoms with van der Waals surface area (Å²) >= 11 is 0. The number of hydrogen-bond acceptors (Lipinski definition) is 6. The van der Waals surface area contributed by atoms with E-state index in [0.717, 1.165) is 16.7 Å². The minimum absolute atomic E-state index is 0.0741. The Labute approximate surface area is 151 Å². The molecule has 0 saturated carbocycles. The van der Waals surface area contributed by atoms with Gasteiger partial charge in [0.2, 0.25) is 0 Å². The molecule has 0 spiro atoms. The van der Waals surface area contributed by atoms with Crippen LogP contribution in [-0.2, 0) is 17.4 Å². The summed E-state index contributed by atoms with van der Waals surface area (Å²) in [6.07, 6.45) is 0. The maximum absolute atomic E-state index is 10.4. The van der Waals surface area contributed by atoms with Crippen LogP contribution in [0.1, 0.15) is 58.2 Å². The Morgan fingerprint density at radius 1 is 0.800 bits per heavy atom. The van der Waals surface area contributed by atoms with Crippen molar-refractivity contribution in [2.24, 2.45) is 11.5 Å². The van der Waals surface area contributed by atoms with Gasteiger partial charge in [-0.05, 0) is 27.5 Å². The fourth-order valence-corrected chi connectivity index (χ4v) is 2.11. The van der Waals surface area contributed by atoms with Crippen molar-refractivity contribution < 1.29 is 20.4 Å². The number of aliphatic hydroxyl groups is 3. The van der Waals surface area contributed by atoms with E-state index in [0.29, 0.717) is 12.3 Å². The molecule has 0 atom stereocenters. The first kappa shape index (κ1) is 23.8. The van der Waals surface area contributed by atoms with E-state index < -0.39 is 25.4 Å². The summed E-state index contributed by atoms with van der Waals surface area (Å²) < 4.78 is 0. The van der Waals surface area contributed by atoms with Crippen molar-refractivity contribution in [2.75, 3.05) is 19.8 Å². The first-order chi connectivity index (χ1) is 11.3. The molecule has 0 aromatic heterocycles. The molecule has 8 N–H and O–H groups in total. The first-order valence-corrected chi connectivity index (χ1v) is 8.44. The van der Waals surface area contributed by atoms with Gasteiger partial charge >= 0.3 is 0 Å². The lowest BCUT2D eigenvalue weighted by Gasteiger charge is -2.28. The van der Waals surface area contributed by atoms with Crippen molar-refractivity contribution in [3.8, 4) is 5.75 Å². The van der Waals surface area contributed by atoms with E-state index in [1.165, 1.54) is 0 Å². The van der Waals surface area contributed by atoms with Crippen molar-refractivity contribution in [1.29, 1.82) is 0 Å². The SMILES string of the molecule is CC(C)(C)c1cc(CN)cc(C(C)(C)C)c1O.NC(CO)(CO)CO. The van der Waals surface area contributed by atoms with E-state index in [1.807, 2.05) is 12.1 Å². The van der Waals surface area contributed by atoms with Crippen LogP contribution in [0, 0.1) is 0 Å². The molecule has 0 aliphatic rings. The van der Waals surface area contributed by atoms with Gasteiger partial charge in [0, 0.05) is 6.54 Å². The summed E-state index contributed by atoms with van der Waals surface area (Å²) in [6.45, 7) is 11.9. The monoisotopic (exact) mass is 356 g/mol. The number of phenols is 1. The standard InChI is InChI=1S/C15H25NO.C4H11NO3/c1-14(2,3)11-7-10(9-16)8-12(13(11)17)15(4,5)6;5-4(1-6,2-7)3-8/h7-8,17H,9,16H2,1-6H3;6-8H,1-3,5H2. The highest BCUT2D eigenvalue weighted by Gasteiger charge is 2.26. The highest BCUT2D eigenvalue weighted by atomic mass is 16.3. The molecular weight excluding hydrogens is 320 g/mol. The number of hydrogen-bond donors (Lipinski definition) is 6. The van der Waals surface area contributed by atoms with Crippen LogP contribution in [0.3, 0.4) is 0 Å². The van der Waals surface area contributed by atoms with E-state index >= 15 is 0 Å². The third-order valence-corrected chi connectivity index (χ3v) is 3.97. The van der Waals surface area contributed by atoms with Gasteiger partial charge in [-0.15, -0.1) is 0 Å². The molecule has 0 heterocycles. The second-order valence-corrected chi connectivity index (χ2v) is 8.58. The van der Waals surface area contributed by atoms with Crippen molar-refractivity contribution in [3.05, 3.63) is 28.8 Å². The third-order valence-electron chi connectivity index (χ3n) is 3.97. The van der Waals surface area contributed by atoms with Crippen LogP contribution in [0.2, 0.25) is 0 Å². The zero-order valence-electron chi connectivity index (χ0n) is 16.4. The highest BCUT2D eigenvalue weighted by molar-refractivity contribution is 5.49. The number of phenolic OH excluding ortho intramolecular Hbond substituents is 1. The van der Waals surface area contributed by atoms with Crippen molar-refractivity contribution in [1.82, 2.24) is 0 Å². The number of aromatic hydroxyl groups is 1. The Morgan fingerprint density at radius 3 is 1.28 bits per heavy atom. The molecule has 25 heavy (non-hydrogen) atoms. The summed E-state index contributed by atoms with van der Waals surface area (Å²) in [7, 11) is 0. The van der Waals surface area contributed by atoms with Crippen LogP contribution >= 0.6 is 0 Å². The lowest BCUT2D eigenvalue weighted by atomic mass is 9.78. The number of rotatable bonds is 4. The molecular formula is C19H36N2O4. The summed E-state index contributed by atoms with van der Waals surface area (Å²) in [5.74, 6) is 0.419. The van der Waals surface area contributed by atoms with Gasteiger partial charge in [0.15, 0.2) is 0 Å². The maximum atomic E-state index is 10.4. The molecule has 0 saturated heterocycles. The minimum Gasteiger partial charge on any atom is -0.507 e. The molecule has 1 aromatic rings. The van der Waals surface area contributed by atoms with Crippen LogP contribution in [0.15, 0.2) is 12.1 Å².